The Morgan fingerprint density at radius 3 is 2.68 bits per heavy atom. The molecule has 0 aliphatic carbocycles. The van der Waals surface area contributed by atoms with Crippen LogP contribution in [0.3, 0.4) is 0 Å². The summed E-state index contributed by atoms with van der Waals surface area (Å²) in [5.41, 5.74) is 1.89. The monoisotopic (exact) mass is 626 g/mol. The van der Waals surface area contributed by atoms with E-state index in [1.165, 1.54) is 10.9 Å². The number of para-hydroxylation sites is 2. The van der Waals surface area contributed by atoms with Crippen LogP contribution in [0.25, 0.3) is 33.5 Å². The van der Waals surface area contributed by atoms with E-state index in [0.29, 0.717) is 44.3 Å². The summed E-state index contributed by atoms with van der Waals surface area (Å²) in [5.74, 6) is 0.628. The SMILES string of the molecule is O=C(COc1ccc(Cl)cc1C=Nn1c(-c2cc3cc(Br)ccc3o2)nc2ccccc2c1=O)Nc1ccccc1. The lowest BCUT2D eigenvalue weighted by atomic mass is 10.2. The van der Waals surface area contributed by atoms with Crippen LogP contribution in [0, 0.1) is 0 Å². The van der Waals surface area contributed by atoms with Gasteiger partial charge < -0.3 is 14.5 Å². The van der Waals surface area contributed by atoms with Crippen molar-refractivity contribution in [1.29, 1.82) is 0 Å². The predicted octanol–water partition coefficient (Wildman–Crippen LogP) is 7.13. The summed E-state index contributed by atoms with van der Waals surface area (Å²) in [4.78, 5) is 30.8. The van der Waals surface area contributed by atoms with Gasteiger partial charge in [-0.25, -0.2) is 4.98 Å². The van der Waals surface area contributed by atoms with E-state index in [0.717, 1.165) is 9.86 Å². The summed E-state index contributed by atoms with van der Waals surface area (Å²) >= 11 is 9.74. The van der Waals surface area contributed by atoms with E-state index >= 15 is 0 Å². The number of furan rings is 1. The molecule has 4 aromatic carbocycles. The van der Waals surface area contributed by atoms with E-state index in [9.17, 15) is 9.59 Å². The van der Waals surface area contributed by atoms with Gasteiger partial charge in [0.05, 0.1) is 17.1 Å². The van der Waals surface area contributed by atoms with Crippen LogP contribution < -0.4 is 15.6 Å². The number of fused-ring (bicyclic) bond motifs is 2. The molecule has 202 valence electrons. The van der Waals surface area contributed by atoms with E-state index < -0.39 is 0 Å². The van der Waals surface area contributed by atoms with Gasteiger partial charge in [0.25, 0.3) is 11.5 Å². The molecule has 0 saturated heterocycles. The first-order valence-corrected chi connectivity index (χ1v) is 13.6. The molecular weight excluding hydrogens is 608 g/mol. The number of nitrogens with one attached hydrogen (secondary N) is 1. The Labute approximate surface area is 247 Å². The maximum atomic E-state index is 13.6. The highest BCUT2D eigenvalue weighted by Crippen LogP contribution is 2.29. The van der Waals surface area contributed by atoms with Crippen molar-refractivity contribution < 1.29 is 13.9 Å². The fourth-order valence-electron chi connectivity index (χ4n) is 4.25. The zero-order valence-corrected chi connectivity index (χ0v) is 23.6. The third-order valence-electron chi connectivity index (χ3n) is 6.15. The van der Waals surface area contributed by atoms with Gasteiger partial charge in [-0.05, 0) is 66.7 Å². The molecule has 0 saturated carbocycles. The first kappa shape index (κ1) is 26.5. The van der Waals surface area contributed by atoms with Gasteiger partial charge in [-0.1, -0.05) is 57.9 Å². The highest BCUT2D eigenvalue weighted by molar-refractivity contribution is 9.10. The number of ether oxygens (including phenoxy) is 1. The van der Waals surface area contributed by atoms with E-state index in [2.05, 4.69) is 26.3 Å². The van der Waals surface area contributed by atoms with Gasteiger partial charge in [-0.2, -0.15) is 9.78 Å². The maximum absolute atomic E-state index is 13.6. The molecule has 0 bridgehead atoms. The Balaban J connectivity index is 1.37. The molecule has 0 unspecified atom stereocenters. The zero-order chi connectivity index (χ0) is 28.3. The van der Waals surface area contributed by atoms with E-state index in [1.807, 2.05) is 48.5 Å². The Hall–Kier alpha value is -4.73. The van der Waals surface area contributed by atoms with Crippen LogP contribution in [0.2, 0.25) is 5.02 Å². The number of nitrogens with zero attached hydrogens (tertiary/aromatic N) is 3. The van der Waals surface area contributed by atoms with Gasteiger partial charge in [0, 0.05) is 26.1 Å². The summed E-state index contributed by atoms with van der Waals surface area (Å²) in [7, 11) is 0. The van der Waals surface area contributed by atoms with Gasteiger partial charge in [-0.15, -0.1) is 0 Å². The molecular formula is C31H20BrClN4O4. The Bertz CT molecular complexity index is 2000. The number of anilines is 1. The third kappa shape index (κ3) is 5.77. The van der Waals surface area contributed by atoms with Crippen molar-refractivity contribution in [3.05, 3.63) is 122 Å². The number of hydrogen-bond acceptors (Lipinski definition) is 6. The molecule has 0 spiro atoms. The molecule has 6 rings (SSSR count). The summed E-state index contributed by atoms with van der Waals surface area (Å²) in [6.45, 7) is -0.241. The number of amides is 1. The molecule has 0 aliphatic rings. The smallest absolute Gasteiger partial charge is 0.282 e. The molecule has 0 radical (unpaired) electrons. The van der Waals surface area contributed by atoms with Gasteiger partial charge in [-0.3, -0.25) is 9.59 Å². The lowest BCUT2D eigenvalue weighted by molar-refractivity contribution is -0.118. The van der Waals surface area contributed by atoms with Crippen LogP contribution in [0.15, 0.2) is 116 Å². The van der Waals surface area contributed by atoms with Gasteiger partial charge in [0.15, 0.2) is 12.4 Å². The van der Waals surface area contributed by atoms with Gasteiger partial charge in [0.1, 0.15) is 11.3 Å². The van der Waals surface area contributed by atoms with Gasteiger partial charge in [0.2, 0.25) is 5.82 Å². The molecule has 41 heavy (non-hydrogen) atoms. The molecule has 2 heterocycles. The summed E-state index contributed by atoms with van der Waals surface area (Å²) in [5, 5.41) is 8.94. The lowest BCUT2D eigenvalue weighted by Gasteiger charge is -2.11. The zero-order valence-electron chi connectivity index (χ0n) is 21.3. The minimum Gasteiger partial charge on any atom is -0.483 e. The fraction of sp³-hybridized carbons (Fsp3) is 0.0323. The number of carbonyl (C=O) groups is 1. The largest absolute Gasteiger partial charge is 0.483 e. The van der Waals surface area contributed by atoms with Crippen molar-refractivity contribution in [1.82, 2.24) is 9.66 Å². The highest BCUT2D eigenvalue weighted by atomic mass is 79.9. The lowest BCUT2D eigenvalue weighted by Crippen LogP contribution is -2.21. The number of hydrogen-bond donors (Lipinski definition) is 1. The van der Waals surface area contributed by atoms with Crippen LogP contribution in [-0.4, -0.2) is 28.4 Å². The molecule has 0 fully saturated rings. The van der Waals surface area contributed by atoms with E-state index in [4.69, 9.17) is 25.7 Å². The van der Waals surface area contributed by atoms with Crippen LogP contribution in [0.5, 0.6) is 5.75 Å². The Morgan fingerprint density at radius 1 is 1.02 bits per heavy atom. The highest BCUT2D eigenvalue weighted by Gasteiger charge is 2.17. The molecule has 0 atom stereocenters. The second-order valence-corrected chi connectivity index (χ2v) is 10.3. The van der Waals surface area contributed by atoms with Crippen molar-refractivity contribution in [3.63, 3.8) is 0 Å². The third-order valence-corrected chi connectivity index (χ3v) is 6.88. The van der Waals surface area contributed by atoms with E-state index in [-0.39, 0.29) is 23.9 Å². The Morgan fingerprint density at radius 2 is 1.83 bits per heavy atom. The second-order valence-electron chi connectivity index (χ2n) is 8.99. The fourth-order valence-corrected chi connectivity index (χ4v) is 4.81. The number of aromatic nitrogens is 2. The first-order valence-electron chi connectivity index (χ1n) is 12.5. The normalized spacial score (nSPS) is 11.4. The number of rotatable bonds is 7. The van der Waals surface area contributed by atoms with Crippen LogP contribution in [0.1, 0.15) is 5.56 Å². The van der Waals surface area contributed by atoms with Crippen LogP contribution >= 0.6 is 27.5 Å². The van der Waals surface area contributed by atoms with Crippen molar-refractivity contribution >= 4 is 67.2 Å². The predicted molar refractivity (Wildman–Crippen MR) is 164 cm³/mol. The van der Waals surface area contributed by atoms with Crippen LogP contribution in [-0.2, 0) is 4.79 Å². The second kappa shape index (κ2) is 11.4. The van der Waals surface area contributed by atoms with E-state index in [1.54, 1.807) is 48.5 Å². The topological polar surface area (TPSA) is 98.7 Å². The minimum absolute atomic E-state index is 0.226. The summed E-state index contributed by atoms with van der Waals surface area (Å²) in [6.07, 6.45) is 1.44. The average Bonchev–Trinajstić information content (AvgIpc) is 3.40. The molecule has 0 aliphatic heterocycles. The quantitative estimate of drug-likeness (QED) is 0.190. The number of halogens is 2. The van der Waals surface area contributed by atoms with Crippen molar-refractivity contribution in [3.8, 4) is 17.3 Å². The van der Waals surface area contributed by atoms with Gasteiger partial charge >= 0.3 is 0 Å². The van der Waals surface area contributed by atoms with Crippen LogP contribution in [0.4, 0.5) is 5.69 Å². The maximum Gasteiger partial charge on any atom is 0.282 e. The molecule has 8 nitrogen and oxygen atoms in total. The minimum atomic E-state index is -0.379. The average molecular weight is 628 g/mol. The number of benzene rings is 4. The molecule has 1 N–H and O–H groups in total. The standard InChI is InChI=1S/C31H20BrClN4O4/c32-21-10-12-27-19(14-21)16-28(41-27)30-36-25-9-5-4-8-24(25)31(39)37(30)34-17-20-15-22(33)11-13-26(20)40-18-29(38)35-23-6-2-1-3-7-23/h1-17H,18H2,(H,35,38). The molecule has 6 aromatic rings. The van der Waals surface area contributed by atoms with Crippen molar-refractivity contribution in [2.45, 2.75) is 0 Å². The molecule has 1 amide bonds. The van der Waals surface area contributed by atoms with Crippen molar-refractivity contribution in [2.75, 3.05) is 11.9 Å². The summed E-state index contributed by atoms with van der Waals surface area (Å²) in [6, 6.07) is 28.4. The molecule has 10 heteroatoms. The molecule has 2 aromatic heterocycles. The first-order chi connectivity index (χ1) is 19.9. The number of carbonyl (C=O) groups excluding carboxylic acids is 1. The summed E-state index contributed by atoms with van der Waals surface area (Å²) < 4.78 is 13.9. The Kier molecular flexibility index (Phi) is 7.37. The van der Waals surface area contributed by atoms with Crippen molar-refractivity contribution in [2.24, 2.45) is 5.10 Å².